The van der Waals surface area contributed by atoms with Crippen molar-refractivity contribution in [3.8, 4) is 16.9 Å². The fourth-order valence-corrected chi connectivity index (χ4v) is 7.29. The van der Waals surface area contributed by atoms with Gasteiger partial charge in [-0.15, -0.1) is 0 Å². The Labute approximate surface area is 233 Å². The lowest BCUT2D eigenvalue weighted by Gasteiger charge is -2.54. The van der Waals surface area contributed by atoms with Crippen LogP contribution < -0.4 is 4.74 Å². The molecular formula is C36H53FO. The van der Waals surface area contributed by atoms with Gasteiger partial charge in [-0.05, 0) is 110 Å². The van der Waals surface area contributed by atoms with Crippen LogP contribution in [0.25, 0.3) is 11.1 Å². The van der Waals surface area contributed by atoms with Gasteiger partial charge >= 0.3 is 0 Å². The number of halogens is 1. The lowest BCUT2D eigenvalue weighted by Crippen LogP contribution is -2.44. The summed E-state index contributed by atoms with van der Waals surface area (Å²) in [4.78, 5) is 0. The van der Waals surface area contributed by atoms with E-state index < -0.39 is 0 Å². The topological polar surface area (TPSA) is 9.23 Å². The van der Waals surface area contributed by atoms with Crippen molar-refractivity contribution in [2.24, 2.45) is 5.41 Å². The largest absolute Gasteiger partial charge is 0.487 e. The van der Waals surface area contributed by atoms with Crippen LogP contribution >= 0.6 is 0 Å². The molecule has 2 aromatic rings. The fourth-order valence-electron chi connectivity index (χ4n) is 7.29. The van der Waals surface area contributed by atoms with Crippen LogP contribution in [-0.4, -0.2) is 6.10 Å². The summed E-state index contributed by atoms with van der Waals surface area (Å²) in [6.45, 7) is 10.9. The molecule has 1 unspecified atom stereocenters. The van der Waals surface area contributed by atoms with E-state index in [4.69, 9.17) is 4.74 Å². The molecule has 0 aromatic heterocycles. The van der Waals surface area contributed by atoms with Crippen LogP contribution in [0, 0.1) is 11.2 Å². The molecule has 38 heavy (non-hydrogen) atoms. The predicted molar refractivity (Wildman–Crippen MR) is 161 cm³/mol. The van der Waals surface area contributed by atoms with E-state index in [9.17, 15) is 0 Å². The van der Waals surface area contributed by atoms with Crippen molar-refractivity contribution in [3.63, 3.8) is 0 Å². The number of benzene rings is 2. The van der Waals surface area contributed by atoms with Crippen molar-refractivity contribution >= 4 is 0 Å². The Morgan fingerprint density at radius 3 is 2.00 bits per heavy atom. The van der Waals surface area contributed by atoms with Gasteiger partial charge in [0.1, 0.15) is 0 Å². The van der Waals surface area contributed by atoms with Gasteiger partial charge in [-0.1, -0.05) is 90.5 Å². The molecule has 0 radical (unpaired) electrons. The first-order valence-corrected chi connectivity index (χ1v) is 15.9. The van der Waals surface area contributed by atoms with Gasteiger partial charge < -0.3 is 4.74 Å². The Morgan fingerprint density at radius 1 is 0.763 bits per heavy atom. The summed E-state index contributed by atoms with van der Waals surface area (Å²) >= 11 is 0. The highest BCUT2D eigenvalue weighted by Crippen LogP contribution is 2.59. The molecule has 2 bridgehead atoms. The zero-order chi connectivity index (χ0) is 27.2. The second-order valence-corrected chi connectivity index (χ2v) is 13.1. The van der Waals surface area contributed by atoms with Gasteiger partial charge in [0.25, 0.3) is 0 Å². The Morgan fingerprint density at radius 2 is 1.39 bits per heavy atom. The quantitative estimate of drug-likeness (QED) is 0.225. The molecule has 5 rings (SSSR count). The first-order chi connectivity index (χ1) is 18.3. The van der Waals surface area contributed by atoms with Crippen LogP contribution in [0.5, 0.6) is 5.75 Å². The molecule has 3 aliphatic carbocycles. The highest BCUT2D eigenvalue weighted by Gasteiger charge is 2.48. The predicted octanol–water partition coefficient (Wildman–Crippen LogP) is 11.5. The molecule has 0 N–H and O–H groups in total. The number of unbranched alkanes of at least 4 members (excludes halogenated alkanes) is 5. The molecule has 0 spiro atoms. The minimum absolute atomic E-state index is 0.0274. The van der Waals surface area contributed by atoms with Crippen LogP contribution in [0.15, 0.2) is 36.4 Å². The summed E-state index contributed by atoms with van der Waals surface area (Å²) in [6, 6.07) is 13.0. The number of hydrogen-bond donors (Lipinski definition) is 0. The Hall–Kier alpha value is -1.83. The van der Waals surface area contributed by atoms with E-state index in [0.717, 1.165) is 29.5 Å². The number of ether oxygens (including phenoxy) is 1. The van der Waals surface area contributed by atoms with E-state index in [1.165, 1.54) is 89.0 Å². The van der Waals surface area contributed by atoms with Gasteiger partial charge in [-0.3, -0.25) is 0 Å². The number of hydrogen-bond acceptors (Lipinski definition) is 1. The molecule has 3 saturated carbocycles. The summed E-state index contributed by atoms with van der Waals surface area (Å²) in [5.41, 5.74) is 5.54. The van der Waals surface area contributed by atoms with Crippen molar-refractivity contribution in [2.45, 2.75) is 148 Å². The maximum absolute atomic E-state index is 15.5. The first kappa shape index (κ1) is 29.2. The van der Waals surface area contributed by atoms with E-state index >= 15 is 4.39 Å². The Bertz CT molecular complexity index is 996. The van der Waals surface area contributed by atoms with Crippen molar-refractivity contribution in [1.29, 1.82) is 0 Å². The number of fused-ring (bicyclic) bond motifs is 3. The van der Waals surface area contributed by atoms with Gasteiger partial charge in [-0.25, -0.2) is 4.39 Å². The third-order valence-corrected chi connectivity index (χ3v) is 10.0. The fraction of sp³-hybridized carbons (Fsp3) is 0.667. The molecule has 0 heterocycles. The molecule has 2 heteroatoms. The van der Waals surface area contributed by atoms with Crippen LogP contribution in [-0.2, 0) is 5.41 Å². The summed E-state index contributed by atoms with van der Waals surface area (Å²) < 4.78 is 21.7. The van der Waals surface area contributed by atoms with Crippen molar-refractivity contribution in [1.82, 2.24) is 0 Å². The monoisotopic (exact) mass is 520 g/mol. The molecule has 0 amide bonds. The third-order valence-electron chi connectivity index (χ3n) is 10.0. The molecule has 210 valence electrons. The van der Waals surface area contributed by atoms with E-state index in [-0.39, 0.29) is 17.8 Å². The van der Waals surface area contributed by atoms with Gasteiger partial charge in [-0.2, -0.15) is 0 Å². The lowest BCUT2D eigenvalue weighted by atomic mass is 9.51. The average molecular weight is 521 g/mol. The van der Waals surface area contributed by atoms with Crippen LogP contribution in [0.1, 0.15) is 148 Å². The van der Waals surface area contributed by atoms with Crippen LogP contribution in [0.4, 0.5) is 4.39 Å². The average Bonchev–Trinajstić information content (AvgIpc) is 2.93. The zero-order valence-corrected chi connectivity index (χ0v) is 25.0. The summed E-state index contributed by atoms with van der Waals surface area (Å²) in [6.07, 6.45) is 19.6. The third kappa shape index (κ3) is 6.65. The summed E-state index contributed by atoms with van der Waals surface area (Å²) in [5, 5.41) is 0. The molecule has 3 aliphatic rings. The molecule has 3 fully saturated rings. The van der Waals surface area contributed by atoms with Gasteiger partial charge in [0.15, 0.2) is 11.6 Å². The lowest BCUT2D eigenvalue weighted by molar-refractivity contribution is 0.0305. The van der Waals surface area contributed by atoms with Crippen LogP contribution in [0.2, 0.25) is 0 Å². The highest BCUT2D eigenvalue weighted by atomic mass is 19.1. The Balaban J connectivity index is 1.46. The second-order valence-electron chi connectivity index (χ2n) is 13.1. The number of rotatable bonds is 14. The van der Waals surface area contributed by atoms with Gasteiger partial charge in [0.2, 0.25) is 0 Å². The van der Waals surface area contributed by atoms with Crippen molar-refractivity contribution in [2.75, 3.05) is 0 Å². The van der Waals surface area contributed by atoms with Crippen LogP contribution in [0.3, 0.4) is 0 Å². The molecule has 1 atom stereocenters. The van der Waals surface area contributed by atoms with Gasteiger partial charge in [0, 0.05) is 5.56 Å². The molecule has 2 aromatic carbocycles. The SMILES string of the molecule is CCCCCCC(C)Oc1c(F)cc(-c2ccc(C34CCC(CCCCC)(CC3)CC4)cc2)cc1C(C)C. The van der Waals surface area contributed by atoms with Crippen molar-refractivity contribution < 1.29 is 9.13 Å². The summed E-state index contributed by atoms with van der Waals surface area (Å²) in [7, 11) is 0. The zero-order valence-electron chi connectivity index (χ0n) is 25.0. The minimum atomic E-state index is -0.228. The smallest absolute Gasteiger partial charge is 0.165 e. The Kier molecular flexibility index (Phi) is 9.99. The van der Waals surface area contributed by atoms with Gasteiger partial charge in [0.05, 0.1) is 6.10 Å². The standard InChI is InChI=1S/C36H53FO/c1-6-8-10-11-13-28(5)38-34-32(27(3)4)25-30(26-33(34)37)29-14-16-31(17-15-29)36-22-19-35(20-23-36,21-24-36)18-12-9-7-2/h14-17,25-28H,6-13,18-24H2,1-5H3. The maximum Gasteiger partial charge on any atom is 0.165 e. The molecule has 1 nitrogen and oxygen atoms in total. The summed E-state index contributed by atoms with van der Waals surface area (Å²) in [5.74, 6) is 0.425. The van der Waals surface area contributed by atoms with Crippen molar-refractivity contribution in [3.05, 3.63) is 53.3 Å². The normalized spacial score (nSPS) is 23.7. The maximum atomic E-state index is 15.5. The van der Waals surface area contributed by atoms with E-state index in [1.807, 2.05) is 0 Å². The van der Waals surface area contributed by atoms with E-state index in [0.29, 0.717) is 16.6 Å². The van der Waals surface area contributed by atoms with E-state index in [2.05, 4.69) is 65.0 Å². The molecule has 0 aliphatic heterocycles. The second kappa shape index (κ2) is 13.0. The molecule has 0 saturated heterocycles. The highest BCUT2D eigenvalue weighted by molar-refractivity contribution is 5.67. The van der Waals surface area contributed by atoms with E-state index in [1.54, 1.807) is 6.07 Å². The first-order valence-electron chi connectivity index (χ1n) is 15.9. The minimum Gasteiger partial charge on any atom is -0.487 e. The molecular weight excluding hydrogens is 467 g/mol.